The van der Waals surface area contributed by atoms with Crippen LogP contribution in [0.2, 0.25) is 0 Å². The lowest BCUT2D eigenvalue weighted by molar-refractivity contribution is -0.137. The number of carbonyl (C=O) groups is 2. The van der Waals surface area contributed by atoms with Gasteiger partial charge in [0.2, 0.25) is 0 Å². The number of alkyl halides is 3. The predicted molar refractivity (Wildman–Crippen MR) is 91.2 cm³/mol. The highest BCUT2D eigenvalue weighted by molar-refractivity contribution is 5.92. The fraction of sp³-hybridized carbons (Fsp3) is 0.263. The quantitative estimate of drug-likeness (QED) is 0.777. The van der Waals surface area contributed by atoms with Crippen LogP contribution < -0.4 is 10.1 Å². The highest BCUT2D eigenvalue weighted by Gasteiger charge is 2.30. The number of methoxy groups -OCH3 is 1. The van der Waals surface area contributed by atoms with E-state index in [1.54, 1.807) is 31.4 Å². The standard InChI is InChI=1S/C19H18F3NO4/c1-12(17(24)23-11-13-3-9-16(26-2)10-4-13)27-18(25)14-5-7-15(8-6-14)19(20,21)22/h3-10,12H,11H2,1-2H3,(H,23,24)/t12-/m1/s1. The lowest BCUT2D eigenvalue weighted by Crippen LogP contribution is -2.35. The fourth-order valence-electron chi connectivity index (χ4n) is 2.15. The smallest absolute Gasteiger partial charge is 0.416 e. The van der Waals surface area contributed by atoms with E-state index in [0.717, 1.165) is 29.8 Å². The second kappa shape index (κ2) is 8.57. The van der Waals surface area contributed by atoms with Crippen LogP contribution in [0.25, 0.3) is 0 Å². The minimum atomic E-state index is -4.49. The van der Waals surface area contributed by atoms with E-state index in [1.807, 2.05) is 0 Å². The van der Waals surface area contributed by atoms with Gasteiger partial charge in [0.25, 0.3) is 5.91 Å². The van der Waals surface area contributed by atoms with E-state index in [4.69, 9.17) is 9.47 Å². The van der Waals surface area contributed by atoms with Crippen LogP contribution in [-0.4, -0.2) is 25.1 Å². The van der Waals surface area contributed by atoms with Crippen LogP contribution in [0.5, 0.6) is 5.75 Å². The Morgan fingerprint density at radius 3 is 2.15 bits per heavy atom. The molecule has 0 fully saturated rings. The Balaban J connectivity index is 1.88. The van der Waals surface area contributed by atoms with Crippen molar-refractivity contribution in [1.29, 1.82) is 0 Å². The van der Waals surface area contributed by atoms with Crippen molar-refractivity contribution >= 4 is 11.9 Å². The average Bonchev–Trinajstić information content (AvgIpc) is 2.65. The molecule has 8 heteroatoms. The highest BCUT2D eigenvalue weighted by Crippen LogP contribution is 2.29. The van der Waals surface area contributed by atoms with Gasteiger partial charge in [-0.15, -0.1) is 0 Å². The first-order valence-electron chi connectivity index (χ1n) is 7.99. The van der Waals surface area contributed by atoms with E-state index in [0.29, 0.717) is 5.75 Å². The number of rotatable bonds is 6. The Kier molecular flexibility index (Phi) is 6.44. The first-order valence-corrected chi connectivity index (χ1v) is 7.99. The van der Waals surface area contributed by atoms with E-state index < -0.39 is 29.7 Å². The van der Waals surface area contributed by atoms with Gasteiger partial charge in [0, 0.05) is 6.54 Å². The molecule has 0 aromatic heterocycles. The maximum absolute atomic E-state index is 12.5. The van der Waals surface area contributed by atoms with Crippen molar-refractivity contribution in [1.82, 2.24) is 5.32 Å². The number of carbonyl (C=O) groups excluding carboxylic acids is 2. The number of amides is 1. The van der Waals surface area contributed by atoms with Crippen molar-refractivity contribution in [2.75, 3.05) is 7.11 Å². The van der Waals surface area contributed by atoms with Crippen LogP contribution in [0.4, 0.5) is 13.2 Å². The summed E-state index contributed by atoms with van der Waals surface area (Å²) in [5.74, 6) is -0.717. The van der Waals surface area contributed by atoms with Gasteiger partial charge >= 0.3 is 12.1 Å². The van der Waals surface area contributed by atoms with Gasteiger partial charge < -0.3 is 14.8 Å². The van der Waals surface area contributed by atoms with Crippen LogP contribution in [0, 0.1) is 0 Å². The lowest BCUT2D eigenvalue weighted by atomic mass is 10.1. The molecule has 1 atom stereocenters. The Labute approximate surface area is 154 Å². The van der Waals surface area contributed by atoms with Crippen LogP contribution in [0.15, 0.2) is 48.5 Å². The summed E-state index contributed by atoms with van der Waals surface area (Å²) < 4.78 is 47.6. The van der Waals surface area contributed by atoms with Crippen LogP contribution >= 0.6 is 0 Å². The van der Waals surface area contributed by atoms with Gasteiger partial charge in [-0.25, -0.2) is 4.79 Å². The summed E-state index contributed by atoms with van der Waals surface area (Å²) in [5.41, 5.74) is -0.118. The van der Waals surface area contributed by atoms with Crippen molar-refractivity contribution in [3.8, 4) is 5.75 Å². The molecule has 0 spiro atoms. The molecule has 5 nitrogen and oxygen atoms in total. The van der Waals surface area contributed by atoms with E-state index in [2.05, 4.69) is 5.32 Å². The molecule has 0 unspecified atom stereocenters. The SMILES string of the molecule is COc1ccc(CNC(=O)[C@@H](C)OC(=O)c2ccc(C(F)(F)F)cc2)cc1. The summed E-state index contributed by atoms with van der Waals surface area (Å²) in [6.45, 7) is 1.61. The molecule has 0 aliphatic carbocycles. The summed E-state index contributed by atoms with van der Waals surface area (Å²) in [4.78, 5) is 24.0. The number of benzene rings is 2. The summed E-state index contributed by atoms with van der Waals surface area (Å²) in [6.07, 6.45) is -5.59. The molecule has 1 N–H and O–H groups in total. The Hall–Kier alpha value is -3.03. The summed E-state index contributed by atoms with van der Waals surface area (Å²) in [7, 11) is 1.55. The van der Waals surface area contributed by atoms with E-state index in [9.17, 15) is 22.8 Å². The van der Waals surface area contributed by atoms with Gasteiger partial charge in [0.1, 0.15) is 5.75 Å². The van der Waals surface area contributed by atoms with E-state index in [1.165, 1.54) is 6.92 Å². The molecule has 0 bridgehead atoms. The number of hydrogen-bond donors (Lipinski definition) is 1. The van der Waals surface area contributed by atoms with Crippen molar-refractivity contribution in [2.24, 2.45) is 0 Å². The van der Waals surface area contributed by atoms with Gasteiger partial charge in [0.05, 0.1) is 18.2 Å². The molecule has 2 aromatic rings. The normalized spacial score (nSPS) is 12.2. The molecule has 0 aliphatic heterocycles. The second-order valence-electron chi connectivity index (χ2n) is 5.69. The third kappa shape index (κ3) is 5.73. The molecular formula is C19H18F3NO4. The zero-order chi connectivity index (χ0) is 20.0. The molecule has 0 radical (unpaired) electrons. The van der Waals surface area contributed by atoms with Crippen molar-refractivity contribution in [3.05, 3.63) is 65.2 Å². The maximum Gasteiger partial charge on any atom is 0.416 e. The minimum absolute atomic E-state index is 0.0715. The van der Waals surface area contributed by atoms with Crippen molar-refractivity contribution in [2.45, 2.75) is 25.7 Å². The first-order chi connectivity index (χ1) is 12.7. The Bertz CT molecular complexity index is 786. The molecule has 144 valence electrons. The van der Waals surface area contributed by atoms with E-state index in [-0.39, 0.29) is 12.1 Å². The average molecular weight is 381 g/mol. The summed E-state index contributed by atoms with van der Waals surface area (Å²) in [6, 6.07) is 10.6. The number of esters is 1. The molecule has 2 rings (SSSR count). The zero-order valence-electron chi connectivity index (χ0n) is 14.7. The fourth-order valence-corrected chi connectivity index (χ4v) is 2.15. The third-order valence-corrected chi connectivity index (χ3v) is 3.73. The van der Waals surface area contributed by atoms with Gasteiger partial charge in [-0.2, -0.15) is 13.2 Å². The zero-order valence-corrected chi connectivity index (χ0v) is 14.7. The van der Waals surface area contributed by atoms with Crippen LogP contribution in [0.3, 0.4) is 0 Å². The highest BCUT2D eigenvalue weighted by atomic mass is 19.4. The van der Waals surface area contributed by atoms with Gasteiger partial charge in [-0.3, -0.25) is 4.79 Å². The lowest BCUT2D eigenvalue weighted by Gasteiger charge is -2.14. The molecule has 0 saturated carbocycles. The second-order valence-corrected chi connectivity index (χ2v) is 5.69. The topological polar surface area (TPSA) is 64.6 Å². The molecule has 0 heterocycles. The van der Waals surface area contributed by atoms with Crippen LogP contribution in [0.1, 0.15) is 28.4 Å². The van der Waals surface area contributed by atoms with Crippen molar-refractivity contribution < 1.29 is 32.2 Å². The number of halogens is 3. The summed E-state index contributed by atoms with van der Waals surface area (Å²) in [5, 5.41) is 2.62. The monoisotopic (exact) mass is 381 g/mol. The Morgan fingerprint density at radius 1 is 1.04 bits per heavy atom. The molecule has 2 aromatic carbocycles. The maximum atomic E-state index is 12.5. The number of nitrogens with one attached hydrogen (secondary N) is 1. The number of hydrogen-bond acceptors (Lipinski definition) is 4. The van der Waals surface area contributed by atoms with Gasteiger partial charge in [-0.1, -0.05) is 12.1 Å². The predicted octanol–water partition coefficient (Wildman–Crippen LogP) is 3.58. The third-order valence-electron chi connectivity index (χ3n) is 3.73. The van der Waals surface area contributed by atoms with Gasteiger partial charge in [0.15, 0.2) is 6.10 Å². The largest absolute Gasteiger partial charge is 0.497 e. The minimum Gasteiger partial charge on any atom is -0.497 e. The first kappa shape index (κ1) is 20.3. The summed E-state index contributed by atoms with van der Waals surface area (Å²) >= 11 is 0. The molecule has 27 heavy (non-hydrogen) atoms. The molecule has 0 aliphatic rings. The van der Waals surface area contributed by atoms with Gasteiger partial charge in [-0.05, 0) is 48.9 Å². The van der Waals surface area contributed by atoms with E-state index >= 15 is 0 Å². The molecule has 0 saturated heterocycles. The van der Waals surface area contributed by atoms with Crippen LogP contribution in [-0.2, 0) is 22.3 Å². The Morgan fingerprint density at radius 2 is 1.63 bits per heavy atom. The van der Waals surface area contributed by atoms with Crippen molar-refractivity contribution in [3.63, 3.8) is 0 Å². The molecule has 1 amide bonds. The number of ether oxygens (including phenoxy) is 2. The molecular weight excluding hydrogens is 363 g/mol.